The first-order chi connectivity index (χ1) is 15.1. The summed E-state index contributed by atoms with van der Waals surface area (Å²) in [4.78, 5) is 31.7. The number of rotatable bonds is 4. The van der Waals surface area contributed by atoms with E-state index in [0.717, 1.165) is 17.6 Å². The molecule has 0 bridgehead atoms. The highest BCUT2D eigenvalue weighted by Gasteiger charge is 2.22. The number of hydrogen-bond donors (Lipinski definition) is 1. The average Bonchev–Trinajstić information content (AvgIpc) is 3.10. The van der Waals surface area contributed by atoms with Crippen molar-refractivity contribution in [2.24, 2.45) is 0 Å². The van der Waals surface area contributed by atoms with Crippen LogP contribution in [0.5, 0.6) is 0 Å². The molecule has 1 N–H and O–H groups in total. The lowest BCUT2D eigenvalue weighted by molar-refractivity contribution is -0.117. The summed E-state index contributed by atoms with van der Waals surface area (Å²) in [5, 5.41) is 7.02. The van der Waals surface area contributed by atoms with Crippen LogP contribution in [-0.4, -0.2) is 31.6 Å². The Kier molecular flexibility index (Phi) is 4.70. The van der Waals surface area contributed by atoms with Crippen LogP contribution in [0, 0.1) is 5.82 Å². The van der Waals surface area contributed by atoms with Crippen LogP contribution in [0.1, 0.15) is 11.1 Å². The molecule has 0 fully saturated rings. The first-order valence-corrected chi connectivity index (χ1v) is 9.90. The predicted octanol–water partition coefficient (Wildman–Crippen LogP) is 2.23. The zero-order valence-electron chi connectivity index (χ0n) is 16.5. The largest absolute Gasteiger partial charge is 0.350 e. The number of hydrogen-bond acceptors (Lipinski definition) is 5. The van der Waals surface area contributed by atoms with Crippen LogP contribution in [0.3, 0.4) is 0 Å². The maximum atomic E-state index is 13.0. The van der Waals surface area contributed by atoms with Crippen LogP contribution in [0.4, 0.5) is 15.9 Å². The normalized spacial score (nSPS) is 13.3. The van der Waals surface area contributed by atoms with E-state index < -0.39 is 17.4 Å². The molecule has 0 saturated heterocycles. The molecule has 8 nitrogen and oxygen atoms in total. The van der Waals surface area contributed by atoms with E-state index >= 15 is 0 Å². The van der Waals surface area contributed by atoms with Gasteiger partial charge in [-0.3, -0.25) is 4.79 Å². The minimum atomic E-state index is -0.432. The molecule has 0 aliphatic carbocycles. The Morgan fingerprint density at radius 3 is 2.68 bits per heavy atom. The molecule has 4 aromatic rings. The van der Waals surface area contributed by atoms with Crippen molar-refractivity contribution in [3.05, 3.63) is 88.4 Å². The predicted molar refractivity (Wildman–Crippen MR) is 113 cm³/mol. The monoisotopic (exact) mass is 418 g/mol. The first kappa shape index (κ1) is 19.0. The van der Waals surface area contributed by atoms with E-state index in [1.165, 1.54) is 39.8 Å². The Morgan fingerprint density at radius 2 is 1.87 bits per heavy atom. The van der Waals surface area contributed by atoms with E-state index in [1.54, 1.807) is 12.4 Å². The summed E-state index contributed by atoms with van der Waals surface area (Å²) in [6, 6.07) is 13.7. The van der Waals surface area contributed by atoms with Crippen LogP contribution >= 0.6 is 0 Å². The van der Waals surface area contributed by atoms with E-state index in [4.69, 9.17) is 0 Å². The number of carbonyl (C=O) groups excluding carboxylic acids is 1. The first-order valence-electron chi connectivity index (χ1n) is 9.90. The third kappa shape index (κ3) is 3.65. The number of fused-ring (bicyclic) bond motifs is 2. The van der Waals surface area contributed by atoms with Crippen molar-refractivity contribution >= 4 is 23.1 Å². The van der Waals surface area contributed by atoms with E-state index in [2.05, 4.69) is 32.4 Å². The topological polar surface area (TPSA) is 84.5 Å². The molecule has 0 spiro atoms. The fraction of sp³-hybridized carbons (Fsp3) is 0.182. The molecule has 2 aromatic heterocycles. The zero-order valence-corrected chi connectivity index (χ0v) is 16.5. The lowest BCUT2D eigenvalue weighted by Gasteiger charge is -2.29. The third-order valence-electron chi connectivity index (χ3n) is 5.33. The number of halogens is 1. The molecule has 0 unspecified atom stereocenters. The number of nitrogens with zero attached hydrogens (tertiary/aromatic N) is 5. The zero-order chi connectivity index (χ0) is 21.4. The van der Waals surface area contributed by atoms with E-state index in [1.807, 2.05) is 12.1 Å². The SMILES string of the molecule is O=C(Cn1nc2c(N3CCc4ccccc4C3)nccn2c1=O)Nc1ccc(F)cc1. The van der Waals surface area contributed by atoms with Gasteiger partial charge in [-0.15, -0.1) is 5.10 Å². The molecule has 5 rings (SSSR count). The van der Waals surface area contributed by atoms with Crippen molar-refractivity contribution in [2.45, 2.75) is 19.5 Å². The number of nitrogens with one attached hydrogen (secondary N) is 1. The molecule has 3 heterocycles. The van der Waals surface area contributed by atoms with Gasteiger partial charge in [0.25, 0.3) is 0 Å². The maximum absolute atomic E-state index is 13.0. The highest BCUT2D eigenvalue weighted by atomic mass is 19.1. The third-order valence-corrected chi connectivity index (χ3v) is 5.33. The molecular weight excluding hydrogens is 399 g/mol. The van der Waals surface area contributed by atoms with E-state index in [-0.39, 0.29) is 6.54 Å². The highest BCUT2D eigenvalue weighted by molar-refractivity contribution is 5.90. The molecule has 31 heavy (non-hydrogen) atoms. The highest BCUT2D eigenvalue weighted by Crippen LogP contribution is 2.24. The Bertz CT molecular complexity index is 1330. The van der Waals surface area contributed by atoms with Gasteiger partial charge in [-0.25, -0.2) is 23.3 Å². The summed E-state index contributed by atoms with van der Waals surface area (Å²) in [5.41, 5.74) is 2.95. The average molecular weight is 418 g/mol. The second kappa shape index (κ2) is 7.67. The fourth-order valence-electron chi connectivity index (χ4n) is 3.81. The van der Waals surface area contributed by atoms with Crippen LogP contribution in [-0.2, 0) is 24.3 Å². The summed E-state index contributed by atoms with van der Waals surface area (Å²) < 4.78 is 15.5. The van der Waals surface area contributed by atoms with Crippen molar-refractivity contribution in [1.82, 2.24) is 19.2 Å². The van der Waals surface area contributed by atoms with Crippen LogP contribution in [0.15, 0.2) is 65.7 Å². The van der Waals surface area contributed by atoms with E-state index in [9.17, 15) is 14.0 Å². The van der Waals surface area contributed by atoms with Crippen molar-refractivity contribution in [2.75, 3.05) is 16.8 Å². The molecule has 0 atom stereocenters. The maximum Gasteiger partial charge on any atom is 0.350 e. The summed E-state index contributed by atoms with van der Waals surface area (Å²) in [6.45, 7) is 1.17. The number of carbonyl (C=O) groups is 1. The van der Waals surface area contributed by atoms with Crippen LogP contribution < -0.4 is 15.9 Å². The number of amides is 1. The Morgan fingerprint density at radius 1 is 1.10 bits per heavy atom. The fourth-order valence-corrected chi connectivity index (χ4v) is 3.81. The molecule has 1 aliphatic rings. The van der Waals surface area contributed by atoms with Gasteiger partial charge in [-0.2, -0.15) is 0 Å². The van der Waals surface area contributed by atoms with Gasteiger partial charge < -0.3 is 10.2 Å². The minimum absolute atomic E-state index is 0.264. The summed E-state index contributed by atoms with van der Waals surface area (Å²) >= 11 is 0. The smallest absolute Gasteiger partial charge is 0.349 e. The minimum Gasteiger partial charge on any atom is -0.349 e. The van der Waals surface area contributed by atoms with Gasteiger partial charge in [0.1, 0.15) is 12.4 Å². The molecule has 9 heteroatoms. The van der Waals surface area contributed by atoms with Crippen molar-refractivity contribution in [1.29, 1.82) is 0 Å². The molecular formula is C22H19FN6O2. The van der Waals surface area contributed by atoms with Gasteiger partial charge in [0, 0.05) is 31.2 Å². The quantitative estimate of drug-likeness (QED) is 0.550. The Balaban J connectivity index is 1.41. The standard InChI is InChI=1S/C22H19FN6O2/c23-17-5-7-18(8-6-17)25-19(30)14-29-22(31)28-12-10-24-20(21(28)26-29)27-11-9-15-3-1-2-4-16(15)13-27/h1-8,10,12H,9,11,13-14H2,(H,25,30). The van der Waals surface area contributed by atoms with Crippen molar-refractivity contribution in [3.63, 3.8) is 0 Å². The van der Waals surface area contributed by atoms with Gasteiger partial charge in [0.15, 0.2) is 5.82 Å². The van der Waals surface area contributed by atoms with Crippen LogP contribution in [0.25, 0.3) is 5.65 Å². The summed E-state index contributed by atoms with van der Waals surface area (Å²) in [5.74, 6) is -0.222. The number of aromatic nitrogens is 4. The van der Waals surface area contributed by atoms with Gasteiger partial charge in [0.05, 0.1) is 0 Å². The van der Waals surface area contributed by atoms with Gasteiger partial charge >= 0.3 is 5.69 Å². The Hall–Kier alpha value is -4.01. The number of anilines is 2. The van der Waals surface area contributed by atoms with E-state index in [0.29, 0.717) is 23.7 Å². The lowest BCUT2D eigenvalue weighted by Crippen LogP contribution is -2.31. The number of benzene rings is 2. The lowest BCUT2D eigenvalue weighted by atomic mass is 10.00. The Labute approximate surface area is 176 Å². The second-order valence-electron chi connectivity index (χ2n) is 7.38. The summed E-state index contributed by atoms with van der Waals surface area (Å²) in [7, 11) is 0. The van der Waals surface area contributed by atoms with Crippen LogP contribution in [0.2, 0.25) is 0 Å². The second-order valence-corrected chi connectivity index (χ2v) is 7.38. The molecule has 1 amide bonds. The van der Waals surface area contributed by atoms with Gasteiger partial charge in [-0.1, -0.05) is 24.3 Å². The molecule has 1 aliphatic heterocycles. The van der Waals surface area contributed by atoms with Crippen molar-refractivity contribution in [3.8, 4) is 0 Å². The van der Waals surface area contributed by atoms with Gasteiger partial charge in [-0.05, 0) is 41.8 Å². The molecule has 2 aromatic carbocycles. The molecule has 0 radical (unpaired) electrons. The summed E-state index contributed by atoms with van der Waals surface area (Å²) in [6.07, 6.45) is 3.99. The van der Waals surface area contributed by atoms with Gasteiger partial charge in [0.2, 0.25) is 11.6 Å². The van der Waals surface area contributed by atoms with Crippen molar-refractivity contribution < 1.29 is 9.18 Å². The molecule has 0 saturated carbocycles. The molecule has 156 valence electrons.